The third kappa shape index (κ3) is 6.16. The molecule has 1 aliphatic rings. The molecule has 0 bridgehead atoms. The molecule has 1 aliphatic carbocycles. The molecule has 164 valence electrons. The number of Topliss-reactive ketones (excluding diaryl/α,β-unsaturated/α-hetero) is 1. The van der Waals surface area contributed by atoms with E-state index in [1.54, 1.807) is 25.1 Å². The lowest BCUT2D eigenvalue weighted by atomic mass is 9.88. The van der Waals surface area contributed by atoms with Gasteiger partial charge in [0.1, 0.15) is 5.78 Å². The minimum absolute atomic E-state index is 0.162. The van der Waals surface area contributed by atoms with Crippen LogP contribution in [0.4, 0.5) is 0 Å². The summed E-state index contributed by atoms with van der Waals surface area (Å²) in [4.78, 5) is 46.5. The Labute approximate surface area is 174 Å². The second-order valence-corrected chi connectivity index (χ2v) is 7.26. The first-order valence-corrected chi connectivity index (χ1v) is 9.52. The normalized spacial score (nSPS) is 20.5. The fraction of sp³-hybridized carbons (Fsp3) is 0.550. The summed E-state index contributed by atoms with van der Waals surface area (Å²) >= 11 is 0. The minimum atomic E-state index is -0.743. The highest BCUT2D eigenvalue weighted by Crippen LogP contribution is 2.36. The van der Waals surface area contributed by atoms with Crippen molar-refractivity contribution in [3.63, 3.8) is 0 Å². The number of nitro groups is 1. The lowest BCUT2D eigenvalue weighted by Crippen LogP contribution is -2.30. The van der Waals surface area contributed by atoms with Crippen LogP contribution >= 0.6 is 0 Å². The van der Waals surface area contributed by atoms with E-state index in [0.717, 1.165) is 5.56 Å². The highest BCUT2D eigenvalue weighted by Gasteiger charge is 2.44. The number of carbonyl (C=O) groups is 3. The first-order chi connectivity index (χ1) is 14.2. The van der Waals surface area contributed by atoms with E-state index < -0.39 is 35.2 Å². The third-order valence-electron chi connectivity index (χ3n) is 5.23. The number of nitrogens with one attached hydrogen (secondary N) is 1. The van der Waals surface area contributed by atoms with E-state index in [4.69, 9.17) is 14.2 Å². The van der Waals surface area contributed by atoms with Gasteiger partial charge in [0.15, 0.2) is 18.1 Å². The van der Waals surface area contributed by atoms with Crippen LogP contribution in [0.2, 0.25) is 0 Å². The zero-order valence-electron chi connectivity index (χ0n) is 17.2. The second-order valence-electron chi connectivity index (χ2n) is 7.26. The molecule has 30 heavy (non-hydrogen) atoms. The Hall–Kier alpha value is -3.17. The molecule has 10 nitrogen and oxygen atoms in total. The Balaban J connectivity index is 1.81. The number of esters is 1. The highest BCUT2D eigenvalue weighted by atomic mass is 16.6. The number of ketones is 1. The molecule has 0 spiro atoms. The molecule has 2 rings (SSSR count). The Kier molecular flexibility index (Phi) is 8.14. The van der Waals surface area contributed by atoms with Crippen LogP contribution in [0.15, 0.2) is 18.2 Å². The van der Waals surface area contributed by atoms with Gasteiger partial charge in [0.2, 0.25) is 6.54 Å². The predicted octanol–water partition coefficient (Wildman–Crippen LogP) is 1.37. The fourth-order valence-electron chi connectivity index (χ4n) is 3.63. The average molecular weight is 422 g/mol. The summed E-state index contributed by atoms with van der Waals surface area (Å²) in [7, 11) is 3.03. The summed E-state index contributed by atoms with van der Waals surface area (Å²) in [5, 5.41) is 13.4. The maximum Gasteiger partial charge on any atom is 0.307 e. The van der Waals surface area contributed by atoms with E-state index in [2.05, 4.69) is 5.32 Å². The van der Waals surface area contributed by atoms with Gasteiger partial charge in [-0.05, 0) is 23.6 Å². The zero-order chi connectivity index (χ0) is 22.3. The van der Waals surface area contributed by atoms with Gasteiger partial charge in [-0.25, -0.2) is 0 Å². The van der Waals surface area contributed by atoms with Crippen molar-refractivity contribution in [2.75, 3.05) is 27.4 Å². The molecule has 1 saturated carbocycles. The van der Waals surface area contributed by atoms with E-state index in [-0.39, 0.29) is 37.6 Å². The van der Waals surface area contributed by atoms with Gasteiger partial charge in [0.25, 0.3) is 5.91 Å². The molecule has 0 unspecified atom stereocenters. The summed E-state index contributed by atoms with van der Waals surface area (Å²) in [5.41, 5.74) is 0.764. The molecular weight excluding hydrogens is 396 g/mol. The zero-order valence-corrected chi connectivity index (χ0v) is 17.2. The Morgan fingerprint density at radius 2 is 1.93 bits per heavy atom. The summed E-state index contributed by atoms with van der Waals surface area (Å²) in [6.45, 7) is 1.10. The number of rotatable bonds is 10. The van der Waals surface area contributed by atoms with E-state index in [1.165, 1.54) is 14.2 Å². The van der Waals surface area contributed by atoms with Gasteiger partial charge in [-0.1, -0.05) is 13.0 Å². The van der Waals surface area contributed by atoms with Crippen molar-refractivity contribution < 1.29 is 33.5 Å². The number of hydrogen-bond donors (Lipinski definition) is 1. The molecule has 0 aromatic heterocycles. The van der Waals surface area contributed by atoms with Crippen molar-refractivity contribution in [1.82, 2.24) is 5.32 Å². The molecule has 0 radical (unpaired) electrons. The predicted molar refractivity (Wildman–Crippen MR) is 105 cm³/mol. The number of methoxy groups -OCH3 is 2. The maximum atomic E-state index is 12.1. The molecular formula is C20H26N2O8. The quantitative estimate of drug-likeness (QED) is 0.339. The summed E-state index contributed by atoms with van der Waals surface area (Å²) < 4.78 is 15.3. The molecule has 1 aromatic carbocycles. The molecule has 1 fully saturated rings. The summed E-state index contributed by atoms with van der Waals surface area (Å²) in [5.74, 6) is -1.73. The van der Waals surface area contributed by atoms with Crippen molar-refractivity contribution in [1.29, 1.82) is 0 Å². The maximum absolute atomic E-state index is 12.1. The van der Waals surface area contributed by atoms with Crippen LogP contribution in [0.3, 0.4) is 0 Å². The molecule has 0 saturated heterocycles. The summed E-state index contributed by atoms with van der Waals surface area (Å²) in [6.07, 6.45) is -0.0487. The Morgan fingerprint density at radius 1 is 1.23 bits per heavy atom. The number of carbonyl (C=O) groups excluding carboxylic acids is 3. The van der Waals surface area contributed by atoms with Crippen LogP contribution in [0.5, 0.6) is 11.5 Å². The summed E-state index contributed by atoms with van der Waals surface area (Å²) in [6, 6.07) is 5.19. The molecule has 1 aromatic rings. The van der Waals surface area contributed by atoms with Crippen LogP contribution < -0.4 is 14.8 Å². The smallest absolute Gasteiger partial charge is 0.307 e. The van der Waals surface area contributed by atoms with Gasteiger partial charge < -0.3 is 19.5 Å². The van der Waals surface area contributed by atoms with Gasteiger partial charge in [-0.2, -0.15) is 0 Å². The van der Waals surface area contributed by atoms with Crippen molar-refractivity contribution in [3.8, 4) is 11.5 Å². The highest BCUT2D eigenvalue weighted by molar-refractivity contribution is 5.88. The first kappa shape index (κ1) is 23.1. The molecule has 0 heterocycles. The van der Waals surface area contributed by atoms with Crippen LogP contribution in [0.25, 0.3) is 0 Å². The van der Waals surface area contributed by atoms with Crippen molar-refractivity contribution in [2.45, 2.75) is 26.3 Å². The van der Waals surface area contributed by atoms with Crippen molar-refractivity contribution in [2.24, 2.45) is 17.8 Å². The van der Waals surface area contributed by atoms with E-state index in [0.29, 0.717) is 11.5 Å². The Bertz CT molecular complexity index is 810. The van der Waals surface area contributed by atoms with Crippen LogP contribution in [-0.2, 0) is 25.7 Å². The van der Waals surface area contributed by atoms with E-state index in [9.17, 15) is 24.5 Å². The largest absolute Gasteiger partial charge is 0.493 e. The molecule has 3 atom stereocenters. The molecule has 1 N–H and O–H groups in total. The second kappa shape index (κ2) is 10.6. The SMILES string of the molecule is COc1ccc(CNC(=O)COC(=O)C[C@H]2C(=O)C[C@@H](C)[C@H]2C[N+](=O)[O-])cc1OC. The number of nitrogens with zero attached hydrogens (tertiary/aromatic N) is 1. The van der Waals surface area contributed by atoms with Crippen molar-refractivity contribution in [3.05, 3.63) is 33.9 Å². The van der Waals surface area contributed by atoms with Gasteiger partial charge in [0, 0.05) is 29.7 Å². The molecule has 1 amide bonds. The lowest BCUT2D eigenvalue weighted by molar-refractivity contribution is -0.490. The average Bonchev–Trinajstić information content (AvgIpc) is 2.96. The third-order valence-corrected chi connectivity index (χ3v) is 5.23. The molecule has 10 heteroatoms. The van der Waals surface area contributed by atoms with Gasteiger partial charge in [0.05, 0.1) is 20.6 Å². The minimum Gasteiger partial charge on any atom is -0.493 e. The van der Waals surface area contributed by atoms with Gasteiger partial charge in [-0.3, -0.25) is 24.5 Å². The van der Waals surface area contributed by atoms with Crippen LogP contribution in [0.1, 0.15) is 25.3 Å². The number of benzene rings is 1. The number of amides is 1. The number of ether oxygens (including phenoxy) is 3. The van der Waals surface area contributed by atoms with Crippen LogP contribution in [-0.4, -0.2) is 50.0 Å². The monoisotopic (exact) mass is 422 g/mol. The standard InChI is InChI=1S/C20H26N2O8/c1-12-6-16(23)14(15(12)10-22(26)27)8-20(25)30-11-19(24)21-9-13-4-5-17(28-2)18(7-13)29-3/h4-5,7,12,14-15H,6,8-11H2,1-3H3,(H,21,24)/t12-,14-,15-/m1/s1. The van der Waals surface area contributed by atoms with E-state index in [1.807, 2.05) is 0 Å². The Morgan fingerprint density at radius 3 is 2.57 bits per heavy atom. The van der Waals surface area contributed by atoms with Crippen LogP contribution in [0, 0.1) is 27.9 Å². The van der Waals surface area contributed by atoms with Crippen molar-refractivity contribution >= 4 is 17.7 Å². The topological polar surface area (TPSA) is 134 Å². The van der Waals surface area contributed by atoms with Gasteiger partial charge >= 0.3 is 5.97 Å². The first-order valence-electron chi connectivity index (χ1n) is 9.52. The number of hydrogen-bond acceptors (Lipinski definition) is 8. The fourth-order valence-corrected chi connectivity index (χ4v) is 3.63. The lowest BCUT2D eigenvalue weighted by Gasteiger charge is -2.17. The molecule has 0 aliphatic heterocycles. The van der Waals surface area contributed by atoms with E-state index >= 15 is 0 Å². The van der Waals surface area contributed by atoms with Gasteiger partial charge in [-0.15, -0.1) is 0 Å².